The van der Waals surface area contributed by atoms with E-state index >= 15 is 0 Å². The summed E-state index contributed by atoms with van der Waals surface area (Å²) in [5.41, 5.74) is 4.11. The Labute approximate surface area is 99.5 Å². The van der Waals surface area contributed by atoms with Crippen molar-refractivity contribution in [1.29, 1.82) is 0 Å². The van der Waals surface area contributed by atoms with Gasteiger partial charge in [0.2, 0.25) is 0 Å². The maximum Gasteiger partial charge on any atom is 0.416 e. The van der Waals surface area contributed by atoms with Crippen LogP contribution in [0.25, 0.3) is 5.69 Å². The summed E-state index contributed by atoms with van der Waals surface area (Å²) in [6.07, 6.45) is -3.27. The molecule has 1 aromatic heterocycles. The highest BCUT2D eigenvalue weighted by Gasteiger charge is 2.30. The molecular formula is C11H8F3N3O. The summed E-state index contributed by atoms with van der Waals surface area (Å²) < 4.78 is 38.4. The highest BCUT2D eigenvalue weighted by atomic mass is 19.4. The first-order chi connectivity index (χ1) is 8.38. The number of aromatic nitrogens is 2. The van der Waals surface area contributed by atoms with Crippen molar-refractivity contribution in [2.24, 2.45) is 0 Å². The second-order valence-corrected chi connectivity index (χ2v) is 3.59. The van der Waals surface area contributed by atoms with Crippen molar-refractivity contribution in [2.75, 3.05) is 5.73 Å². The SMILES string of the molecule is Nc1cnn(-c2cccc(C(F)(F)F)c2)c(=O)c1. The van der Waals surface area contributed by atoms with Crippen LogP contribution in [0.1, 0.15) is 5.56 Å². The summed E-state index contributed by atoms with van der Waals surface area (Å²) >= 11 is 0. The first kappa shape index (κ1) is 12.2. The lowest BCUT2D eigenvalue weighted by Gasteiger charge is -2.09. The molecule has 7 heteroatoms. The van der Waals surface area contributed by atoms with Crippen LogP contribution in [-0.4, -0.2) is 9.78 Å². The van der Waals surface area contributed by atoms with E-state index in [1.165, 1.54) is 18.3 Å². The molecule has 0 atom stereocenters. The van der Waals surface area contributed by atoms with Crippen molar-refractivity contribution >= 4 is 5.69 Å². The third kappa shape index (κ3) is 2.34. The largest absolute Gasteiger partial charge is 0.416 e. The quantitative estimate of drug-likeness (QED) is 0.845. The number of alkyl halides is 3. The van der Waals surface area contributed by atoms with E-state index in [2.05, 4.69) is 5.10 Å². The number of rotatable bonds is 1. The number of nitrogens with zero attached hydrogens (tertiary/aromatic N) is 2. The van der Waals surface area contributed by atoms with Crippen LogP contribution < -0.4 is 11.3 Å². The molecule has 0 fully saturated rings. The molecule has 0 spiro atoms. The molecular weight excluding hydrogens is 247 g/mol. The number of anilines is 1. The van der Waals surface area contributed by atoms with Crippen molar-refractivity contribution in [3.63, 3.8) is 0 Å². The molecule has 0 aliphatic carbocycles. The molecule has 0 saturated carbocycles. The average molecular weight is 255 g/mol. The minimum absolute atomic E-state index is 0.0369. The molecule has 2 aromatic rings. The summed E-state index contributed by atoms with van der Waals surface area (Å²) in [5, 5.41) is 3.68. The topological polar surface area (TPSA) is 60.9 Å². The van der Waals surface area contributed by atoms with Gasteiger partial charge in [-0.1, -0.05) is 6.07 Å². The smallest absolute Gasteiger partial charge is 0.397 e. The zero-order valence-electron chi connectivity index (χ0n) is 8.98. The van der Waals surface area contributed by atoms with Crippen LogP contribution in [0.5, 0.6) is 0 Å². The fraction of sp³-hybridized carbons (Fsp3) is 0.0909. The molecule has 1 aromatic carbocycles. The van der Waals surface area contributed by atoms with Gasteiger partial charge in [0.15, 0.2) is 0 Å². The number of nitrogens with two attached hydrogens (primary N) is 1. The van der Waals surface area contributed by atoms with Gasteiger partial charge >= 0.3 is 6.18 Å². The molecule has 0 aliphatic heterocycles. The van der Waals surface area contributed by atoms with E-state index in [4.69, 9.17) is 5.73 Å². The van der Waals surface area contributed by atoms with E-state index in [9.17, 15) is 18.0 Å². The summed E-state index contributed by atoms with van der Waals surface area (Å²) in [5.74, 6) is 0. The normalized spacial score (nSPS) is 11.5. The Balaban J connectivity index is 2.55. The zero-order valence-corrected chi connectivity index (χ0v) is 8.98. The number of hydrogen-bond donors (Lipinski definition) is 1. The Kier molecular flexibility index (Phi) is 2.82. The minimum atomic E-state index is -4.46. The van der Waals surface area contributed by atoms with Gasteiger partial charge in [0.25, 0.3) is 5.56 Å². The lowest BCUT2D eigenvalue weighted by molar-refractivity contribution is -0.137. The molecule has 0 saturated heterocycles. The second-order valence-electron chi connectivity index (χ2n) is 3.59. The number of hydrogen-bond acceptors (Lipinski definition) is 3. The van der Waals surface area contributed by atoms with Crippen molar-refractivity contribution in [3.05, 3.63) is 52.4 Å². The molecule has 0 amide bonds. The Morgan fingerprint density at radius 2 is 1.94 bits per heavy atom. The molecule has 1 heterocycles. The Bertz CT molecular complexity index is 634. The molecule has 0 radical (unpaired) electrons. The van der Waals surface area contributed by atoms with E-state index in [1.54, 1.807) is 0 Å². The molecule has 0 aliphatic rings. The monoisotopic (exact) mass is 255 g/mol. The summed E-state index contributed by atoms with van der Waals surface area (Å²) in [6, 6.07) is 5.44. The van der Waals surface area contributed by atoms with Crippen LogP contribution in [0, 0.1) is 0 Å². The standard InChI is InChI=1S/C11H8F3N3O/c12-11(13,14)7-2-1-3-9(4-7)17-10(18)5-8(15)6-16-17/h1-6H,15H2. The van der Waals surface area contributed by atoms with E-state index in [0.717, 1.165) is 22.9 Å². The fourth-order valence-electron chi connectivity index (χ4n) is 1.43. The van der Waals surface area contributed by atoms with Crippen molar-refractivity contribution in [1.82, 2.24) is 9.78 Å². The third-order valence-electron chi connectivity index (χ3n) is 2.24. The summed E-state index contributed by atoms with van der Waals surface area (Å²) in [7, 11) is 0. The maximum atomic E-state index is 12.5. The van der Waals surface area contributed by atoms with Crippen LogP contribution in [0.4, 0.5) is 18.9 Å². The zero-order chi connectivity index (χ0) is 13.3. The minimum Gasteiger partial charge on any atom is -0.397 e. The van der Waals surface area contributed by atoms with Crippen LogP contribution in [0.2, 0.25) is 0 Å². The predicted octanol–water partition coefficient (Wildman–Crippen LogP) is 1.83. The van der Waals surface area contributed by atoms with Crippen LogP contribution in [0.3, 0.4) is 0 Å². The number of halogens is 3. The van der Waals surface area contributed by atoms with Gasteiger partial charge in [-0.25, -0.2) is 0 Å². The average Bonchev–Trinajstić information content (AvgIpc) is 2.28. The van der Waals surface area contributed by atoms with Crippen LogP contribution in [0.15, 0.2) is 41.3 Å². The van der Waals surface area contributed by atoms with Gasteiger partial charge in [0.1, 0.15) is 0 Å². The van der Waals surface area contributed by atoms with Crippen LogP contribution >= 0.6 is 0 Å². The van der Waals surface area contributed by atoms with Gasteiger partial charge < -0.3 is 5.73 Å². The van der Waals surface area contributed by atoms with Gasteiger partial charge in [-0.05, 0) is 18.2 Å². The first-order valence-corrected chi connectivity index (χ1v) is 4.90. The molecule has 2 rings (SSSR count). The summed E-state index contributed by atoms with van der Waals surface area (Å²) in [6.45, 7) is 0. The Morgan fingerprint density at radius 3 is 2.56 bits per heavy atom. The van der Waals surface area contributed by atoms with E-state index in [1.807, 2.05) is 0 Å². The molecule has 94 valence electrons. The molecule has 0 unspecified atom stereocenters. The van der Waals surface area contributed by atoms with Gasteiger partial charge in [-0.3, -0.25) is 4.79 Å². The molecule has 4 nitrogen and oxygen atoms in total. The lowest BCUT2D eigenvalue weighted by atomic mass is 10.2. The van der Waals surface area contributed by atoms with E-state index in [-0.39, 0.29) is 11.4 Å². The predicted molar refractivity (Wildman–Crippen MR) is 59.2 cm³/mol. The first-order valence-electron chi connectivity index (χ1n) is 4.90. The molecule has 0 bridgehead atoms. The van der Waals surface area contributed by atoms with Crippen molar-refractivity contribution < 1.29 is 13.2 Å². The van der Waals surface area contributed by atoms with Crippen LogP contribution in [-0.2, 0) is 6.18 Å². The highest BCUT2D eigenvalue weighted by Crippen LogP contribution is 2.29. The molecule has 2 N–H and O–H groups in total. The Hall–Kier alpha value is -2.31. The highest BCUT2D eigenvalue weighted by molar-refractivity contribution is 5.38. The summed E-state index contributed by atoms with van der Waals surface area (Å²) in [4.78, 5) is 11.5. The number of benzene rings is 1. The van der Waals surface area contributed by atoms with Crippen molar-refractivity contribution in [3.8, 4) is 5.69 Å². The van der Waals surface area contributed by atoms with Gasteiger partial charge in [-0.2, -0.15) is 23.0 Å². The van der Waals surface area contributed by atoms with E-state index < -0.39 is 17.3 Å². The van der Waals surface area contributed by atoms with Gasteiger partial charge in [0, 0.05) is 6.07 Å². The fourth-order valence-corrected chi connectivity index (χ4v) is 1.43. The lowest BCUT2D eigenvalue weighted by Crippen LogP contribution is -2.21. The number of nitrogen functional groups attached to an aromatic ring is 1. The van der Waals surface area contributed by atoms with E-state index in [0.29, 0.717) is 0 Å². The van der Waals surface area contributed by atoms with Gasteiger partial charge in [0.05, 0.1) is 23.1 Å². The molecule has 18 heavy (non-hydrogen) atoms. The Morgan fingerprint density at radius 1 is 1.22 bits per heavy atom. The van der Waals surface area contributed by atoms with Gasteiger partial charge in [-0.15, -0.1) is 0 Å². The van der Waals surface area contributed by atoms with Crippen molar-refractivity contribution in [2.45, 2.75) is 6.18 Å². The second kappa shape index (κ2) is 4.17. The third-order valence-corrected chi connectivity index (χ3v) is 2.24. The maximum absolute atomic E-state index is 12.5.